The van der Waals surface area contributed by atoms with Gasteiger partial charge in [-0.25, -0.2) is 0 Å². The summed E-state index contributed by atoms with van der Waals surface area (Å²) < 4.78 is 6.61. The number of nitrogens with one attached hydrogen (secondary N) is 1. The van der Waals surface area contributed by atoms with Crippen LogP contribution in [0.2, 0.25) is 0 Å². The fourth-order valence-electron chi connectivity index (χ4n) is 3.14. The Bertz CT molecular complexity index is 847. The summed E-state index contributed by atoms with van der Waals surface area (Å²) in [4.78, 5) is 32.1. The summed E-state index contributed by atoms with van der Waals surface area (Å²) in [7, 11) is 1.42. The highest BCUT2D eigenvalue weighted by atomic mass is 16.5. The molecule has 0 aliphatic heterocycles. The van der Waals surface area contributed by atoms with Crippen LogP contribution < -0.4 is 15.6 Å². The topological polar surface area (TPSA) is 75.9 Å². The summed E-state index contributed by atoms with van der Waals surface area (Å²) in [6.45, 7) is 10.7. The minimum absolute atomic E-state index is 0.0570. The van der Waals surface area contributed by atoms with Gasteiger partial charge in [0.2, 0.25) is 5.88 Å². The average molecular weight is 374 g/mol. The number of carbonyl (C=O) groups is 1. The molecule has 7 heteroatoms. The highest BCUT2D eigenvalue weighted by Crippen LogP contribution is 2.15. The zero-order valence-electron chi connectivity index (χ0n) is 16.9. The molecule has 1 unspecified atom stereocenters. The molecule has 0 aromatic carbocycles. The quantitative estimate of drug-likeness (QED) is 0.682. The van der Waals surface area contributed by atoms with Crippen LogP contribution in [-0.4, -0.2) is 53.0 Å². The minimum atomic E-state index is -0.452. The zero-order chi connectivity index (χ0) is 20.0. The summed E-state index contributed by atoms with van der Waals surface area (Å²) in [5.74, 6) is -0.395. The van der Waals surface area contributed by atoms with Gasteiger partial charge in [-0.3, -0.25) is 14.0 Å². The largest absolute Gasteiger partial charge is 0.480 e. The van der Waals surface area contributed by atoms with E-state index in [2.05, 4.69) is 36.0 Å². The second-order valence-corrected chi connectivity index (χ2v) is 6.68. The predicted molar refractivity (Wildman–Crippen MR) is 107 cm³/mol. The van der Waals surface area contributed by atoms with E-state index in [0.717, 1.165) is 31.5 Å². The van der Waals surface area contributed by atoms with Gasteiger partial charge in [-0.1, -0.05) is 19.9 Å². The molecular weight excluding hydrogens is 344 g/mol. The summed E-state index contributed by atoms with van der Waals surface area (Å²) in [5, 5.41) is 2.83. The fourth-order valence-corrected chi connectivity index (χ4v) is 3.14. The Morgan fingerprint density at radius 1 is 1.41 bits per heavy atom. The van der Waals surface area contributed by atoms with Gasteiger partial charge >= 0.3 is 0 Å². The number of aryl methyl sites for hydroxylation is 1. The van der Waals surface area contributed by atoms with Gasteiger partial charge in [0, 0.05) is 25.3 Å². The molecule has 0 saturated heterocycles. The molecule has 27 heavy (non-hydrogen) atoms. The van der Waals surface area contributed by atoms with E-state index >= 15 is 0 Å². The third kappa shape index (κ3) is 4.66. The number of aromatic nitrogens is 2. The molecule has 0 aliphatic carbocycles. The van der Waals surface area contributed by atoms with Crippen molar-refractivity contribution in [2.75, 3.05) is 26.7 Å². The molecule has 2 aromatic rings. The Hall–Kier alpha value is -2.41. The lowest BCUT2D eigenvalue weighted by Crippen LogP contribution is -2.37. The molecule has 0 bridgehead atoms. The number of methoxy groups -OCH3 is 1. The van der Waals surface area contributed by atoms with E-state index in [-0.39, 0.29) is 11.4 Å². The lowest BCUT2D eigenvalue weighted by molar-refractivity contribution is 0.0945. The number of hydrogen-bond acceptors (Lipinski definition) is 5. The van der Waals surface area contributed by atoms with Gasteiger partial charge in [0.05, 0.1) is 7.11 Å². The highest BCUT2D eigenvalue weighted by molar-refractivity contribution is 5.96. The van der Waals surface area contributed by atoms with Crippen molar-refractivity contribution in [2.45, 2.75) is 46.6 Å². The van der Waals surface area contributed by atoms with E-state index in [1.165, 1.54) is 11.5 Å². The highest BCUT2D eigenvalue weighted by Gasteiger charge is 2.21. The number of fused-ring (bicyclic) bond motifs is 1. The first kappa shape index (κ1) is 20.9. The molecular formula is C20H30N4O3. The first-order valence-corrected chi connectivity index (χ1v) is 9.52. The molecule has 1 N–H and O–H groups in total. The molecule has 2 rings (SSSR count). The first-order chi connectivity index (χ1) is 12.9. The first-order valence-electron chi connectivity index (χ1n) is 9.52. The third-order valence-corrected chi connectivity index (χ3v) is 4.96. The lowest BCUT2D eigenvalue weighted by atomic mass is 10.2. The molecule has 0 aliphatic rings. The Labute approximate surface area is 160 Å². The normalized spacial score (nSPS) is 12.4. The zero-order valence-corrected chi connectivity index (χ0v) is 16.9. The monoisotopic (exact) mass is 374 g/mol. The van der Waals surface area contributed by atoms with Gasteiger partial charge in [0.1, 0.15) is 5.65 Å². The van der Waals surface area contributed by atoms with E-state index in [0.29, 0.717) is 18.2 Å². The predicted octanol–water partition coefficient (Wildman–Crippen LogP) is 2.25. The SMILES string of the molecule is CCC(C)N(CC)CCCNC(=O)c1c(OC)nc2c(C)cccn2c1=O. The van der Waals surface area contributed by atoms with Crippen molar-refractivity contribution in [2.24, 2.45) is 0 Å². The maximum atomic E-state index is 12.8. The Morgan fingerprint density at radius 2 is 2.15 bits per heavy atom. The number of hydrogen-bond donors (Lipinski definition) is 1. The molecule has 0 spiro atoms. The summed E-state index contributed by atoms with van der Waals surface area (Å²) in [6, 6.07) is 4.13. The Balaban J connectivity index is 2.13. The third-order valence-electron chi connectivity index (χ3n) is 4.96. The summed E-state index contributed by atoms with van der Waals surface area (Å²) >= 11 is 0. The van der Waals surface area contributed by atoms with Crippen molar-refractivity contribution in [1.82, 2.24) is 19.6 Å². The maximum Gasteiger partial charge on any atom is 0.274 e. The molecule has 1 atom stereocenters. The molecule has 1 amide bonds. The van der Waals surface area contributed by atoms with Gasteiger partial charge < -0.3 is 15.0 Å². The fraction of sp³-hybridized carbons (Fsp3) is 0.550. The minimum Gasteiger partial charge on any atom is -0.480 e. The van der Waals surface area contributed by atoms with Crippen LogP contribution >= 0.6 is 0 Å². The summed E-state index contributed by atoms with van der Waals surface area (Å²) in [5.41, 5.74) is 0.843. The van der Waals surface area contributed by atoms with Crippen LogP contribution in [-0.2, 0) is 0 Å². The number of amides is 1. The molecule has 148 valence electrons. The van der Waals surface area contributed by atoms with Crippen molar-refractivity contribution in [3.8, 4) is 5.88 Å². The molecule has 0 radical (unpaired) electrons. The molecule has 0 saturated carbocycles. The average Bonchev–Trinajstić information content (AvgIpc) is 2.67. The van der Waals surface area contributed by atoms with E-state index in [1.807, 2.05) is 13.0 Å². The van der Waals surface area contributed by atoms with Gasteiger partial charge in [-0.05, 0) is 44.9 Å². The van der Waals surface area contributed by atoms with Crippen LogP contribution in [0, 0.1) is 6.92 Å². The number of rotatable bonds is 9. The lowest BCUT2D eigenvalue weighted by Gasteiger charge is -2.26. The van der Waals surface area contributed by atoms with E-state index in [1.54, 1.807) is 12.3 Å². The number of pyridine rings is 1. The van der Waals surface area contributed by atoms with Crippen molar-refractivity contribution >= 4 is 11.6 Å². The molecule has 2 heterocycles. The maximum absolute atomic E-state index is 12.8. The molecule has 0 fully saturated rings. The Kier molecular flexibility index (Phi) is 7.36. The van der Waals surface area contributed by atoms with E-state index < -0.39 is 11.5 Å². The number of carbonyl (C=O) groups excluding carboxylic acids is 1. The van der Waals surface area contributed by atoms with Gasteiger partial charge in [0.15, 0.2) is 5.56 Å². The van der Waals surface area contributed by atoms with Crippen LogP contribution in [0.15, 0.2) is 23.1 Å². The second-order valence-electron chi connectivity index (χ2n) is 6.68. The van der Waals surface area contributed by atoms with Crippen LogP contribution in [0.4, 0.5) is 0 Å². The standard InChI is InChI=1S/C20H30N4O3/c1-6-15(4)23(7-2)12-9-11-21-18(25)16-19(27-5)22-17-14(3)10-8-13-24(17)20(16)26/h8,10,13,15H,6-7,9,11-12H2,1-5H3,(H,21,25). The smallest absolute Gasteiger partial charge is 0.274 e. The van der Waals surface area contributed by atoms with E-state index in [4.69, 9.17) is 4.74 Å². The second kappa shape index (κ2) is 9.50. The van der Waals surface area contributed by atoms with Crippen molar-refractivity contribution in [3.63, 3.8) is 0 Å². The summed E-state index contributed by atoms with van der Waals surface area (Å²) in [6.07, 6.45) is 3.52. The van der Waals surface area contributed by atoms with Crippen molar-refractivity contribution < 1.29 is 9.53 Å². The van der Waals surface area contributed by atoms with Crippen LogP contribution in [0.3, 0.4) is 0 Å². The molecule has 7 nitrogen and oxygen atoms in total. The van der Waals surface area contributed by atoms with Crippen LogP contribution in [0.5, 0.6) is 5.88 Å². The van der Waals surface area contributed by atoms with Gasteiger partial charge in [-0.2, -0.15) is 4.98 Å². The Morgan fingerprint density at radius 3 is 2.78 bits per heavy atom. The number of ether oxygens (including phenoxy) is 1. The number of nitrogens with zero attached hydrogens (tertiary/aromatic N) is 3. The van der Waals surface area contributed by atoms with E-state index in [9.17, 15) is 9.59 Å². The van der Waals surface area contributed by atoms with Gasteiger partial charge in [0.25, 0.3) is 11.5 Å². The van der Waals surface area contributed by atoms with Crippen molar-refractivity contribution in [3.05, 3.63) is 39.8 Å². The van der Waals surface area contributed by atoms with Gasteiger partial charge in [-0.15, -0.1) is 0 Å². The van der Waals surface area contributed by atoms with Crippen LogP contribution in [0.25, 0.3) is 5.65 Å². The van der Waals surface area contributed by atoms with Crippen molar-refractivity contribution in [1.29, 1.82) is 0 Å². The van der Waals surface area contributed by atoms with Crippen LogP contribution in [0.1, 0.15) is 49.5 Å². The molecule has 2 aromatic heterocycles.